The lowest BCUT2D eigenvalue weighted by molar-refractivity contribution is -0.142. The first-order valence-corrected chi connectivity index (χ1v) is 7.33. The molecule has 0 spiro atoms. The van der Waals surface area contributed by atoms with Crippen LogP contribution in [0.25, 0.3) is 0 Å². The van der Waals surface area contributed by atoms with Gasteiger partial charge in [0.2, 0.25) is 5.91 Å². The molecule has 0 unspecified atom stereocenters. The van der Waals surface area contributed by atoms with Gasteiger partial charge < -0.3 is 10.0 Å². The van der Waals surface area contributed by atoms with Crippen LogP contribution in [0, 0.1) is 0 Å². The molecule has 4 nitrogen and oxygen atoms in total. The molecule has 0 saturated carbocycles. The summed E-state index contributed by atoms with van der Waals surface area (Å²) < 4.78 is 0. The smallest absolute Gasteiger partial charge is 0.237 e. The largest absolute Gasteiger partial charge is 0.387 e. The van der Waals surface area contributed by atoms with E-state index < -0.39 is 5.60 Å². The van der Waals surface area contributed by atoms with Crippen LogP contribution in [-0.4, -0.2) is 52.6 Å². The number of carbonyl (C=O) groups is 1. The van der Waals surface area contributed by atoms with Crippen molar-refractivity contribution in [2.75, 3.05) is 26.2 Å². The maximum absolute atomic E-state index is 12.3. The van der Waals surface area contributed by atoms with Crippen molar-refractivity contribution in [1.82, 2.24) is 9.80 Å². The van der Waals surface area contributed by atoms with Gasteiger partial charge in [0.15, 0.2) is 0 Å². The van der Waals surface area contributed by atoms with E-state index in [9.17, 15) is 9.90 Å². The second-order valence-electron chi connectivity index (χ2n) is 5.62. The number of likely N-dealkylation sites (N-methyl/N-ethyl adjacent to an activating group) is 1. The lowest BCUT2D eigenvalue weighted by Crippen LogP contribution is -2.63. The number of hydrogen-bond donors (Lipinski definition) is 1. The standard InChI is InChI=1S/C16H24N2O2/c1-3-16(20)12-17(13-16)11-15(19)18(4-2)10-14-8-6-5-7-9-14/h5-9,20H,3-4,10-13H2,1-2H3. The number of nitrogens with zero attached hydrogens (tertiary/aromatic N) is 2. The van der Waals surface area contributed by atoms with Crippen molar-refractivity contribution in [3.63, 3.8) is 0 Å². The number of rotatable bonds is 6. The predicted octanol–water partition coefficient (Wildman–Crippen LogP) is 1.49. The zero-order chi connectivity index (χ0) is 14.6. The zero-order valence-electron chi connectivity index (χ0n) is 12.4. The number of carbonyl (C=O) groups excluding carboxylic acids is 1. The molecule has 1 aromatic rings. The van der Waals surface area contributed by atoms with Crippen LogP contribution < -0.4 is 0 Å². The Hall–Kier alpha value is -1.39. The Bertz CT molecular complexity index is 441. The van der Waals surface area contributed by atoms with Crippen LogP contribution in [0.15, 0.2) is 30.3 Å². The van der Waals surface area contributed by atoms with E-state index in [1.54, 1.807) is 0 Å². The minimum atomic E-state index is -0.573. The van der Waals surface area contributed by atoms with Crippen molar-refractivity contribution < 1.29 is 9.90 Å². The molecule has 1 saturated heterocycles. The highest BCUT2D eigenvalue weighted by Crippen LogP contribution is 2.23. The molecule has 2 rings (SSSR count). The molecule has 0 atom stereocenters. The summed E-state index contributed by atoms with van der Waals surface area (Å²) in [6.07, 6.45) is 0.749. The monoisotopic (exact) mass is 276 g/mol. The Balaban J connectivity index is 1.84. The molecule has 0 aliphatic carbocycles. The molecule has 1 aliphatic rings. The Morgan fingerprint density at radius 3 is 2.50 bits per heavy atom. The molecule has 0 radical (unpaired) electrons. The highest BCUT2D eigenvalue weighted by Gasteiger charge is 2.40. The molecule has 1 fully saturated rings. The average molecular weight is 276 g/mol. The Labute approximate surface area is 121 Å². The third-order valence-electron chi connectivity index (χ3n) is 4.00. The van der Waals surface area contributed by atoms with Crippen molar-refractivity contribution in [3.05, 3.63) is 35.9 Å². The summed E-state index contributed by atoms with van der Waals surface area (Å²) in [7, 11) is 0. The third-order valence-corrected chi connectivity index (χ3v) is 4.00. The van der Waals surface area contributed by atoms with E-state index >= 15 is 0 Å². The average Bonchev–Trinajstić information content (AvgIpc) is 2.43. The van der Waals surface area contributed by atoms with E-state index in [1.807, 2.05) is 54.0 Å². The van der Waals surface area contributed by atoms with Gasteiger partial charge in [-0.25, -0.2) is 0 Å². The summed E-state index contributed by atoms with van der Waals surface area (Å²) in [5.41, 5.74) is 0.577. The van der Waals surface area contributed by atoms with E-state index in [2.05, 4.69) is 0 Å². The molecule has 1 N–H and O–H groups in total. The van der Waals surface area contributed by atoms with Gasteiger partial charge in [0.05, 0.1) is 12.1 Å². The van der Waals surface area contributed by atoms with E-state index in [-0.39, 0.29) is 5.91 Å². The fourth-order valence-electron chi connectivity index (χ4n) is 2.59. The van der Waals surface area contributed by atoms with Crippen LogP contribution in [0.4, 0.5) is 0 Å². The van der Waals surface area contributed by atoms with E-state index in [0.29, 0.717) is 32.7 Å². The van der Waals surface area contributed by atoms with Crippen LogP contribution in [0.2, 0.25) is 0 Å². The van der Waals surface area contributed by atoms with Crippen molar-refractivity contribution >= 4 is 5.91 Å². The minimum Gasteiger partial charge on any atom is -0.387 e. The van der Waals surface area contributed by atoms with Crippen molar-refractivity contribution in [2.24, 2.45) is 0 Å². The Morgan fingerprint density at radius 1 is 1.30 bits per heavy atom. The highest BCUT2D eigenvalue weighted by molar-refractivity contribution is 5.78. The summed E-state index contributed by atoms with van der Waals surface area (Å²) in [6.45, 7) is 6.97. The van der Waals surface area contributed by atoms with Crippen LogP contribution >= 0.6 is 0 Å². The maximum Gasteiger partial charge on any atom is 0.237 e. The van der Waals surface area contributed by atoms with E-state index in [4.69, 9.17) is 0 Å². The van der Waals surface area contributed by atoms with Crippen LogP contribution in [0.3, 0.4) is 0 Å². The molecular weight excluding hydrogens is 252 g/mol. The molecule has 20 heavy (non-hydrogen) atoms. The summed E-state index contributed by atoms with van der Waals surface area (Å²) >= 11 is 0. The van der Waals surface area contributed by atoms with Crippen molar-refractivity contribution in [3.8, 4) is 0 Å². The molecule has 1 aromatic carbocycles. The molecule has 0 aromatic heterocycles. The van der Waals surface area contributed by atoms with Gasteiger partial charge in [-0.1, -0.05) is 37.3 Å². The number of hydrogen-bond acceptors (Lipinski definition) is 3. The number of β-amino-alcohol motifs (C(OH)–C–C–N with tert-alkyl or cyclic N) is 1. The maximum atomic E-state index is 12.3. The summed E-state index contributed by atoms with van der Waals surface area (Å²) in [5.74, 6) is 0.134. The number of aliphatic hydroxyl groups is 1. The summed E-state index contributed by atoms with van der Waals surface area (Å²) in [5, 5.41) is 9.97. The van der Waals surface area contributed by atoms with Crippen molar-refractivity contribution in [2.45, 2.75) is 32.4 Å². The minimum absolute atomic E-state index is 0.134. The summed E-state index contributed by atoms with van der Waals surface area (Å²) in [6, 6.07) is 10.0. The number of likely N-dealkylation sites (tertiary alicyclic amines) is 1. The first kappa shape index (κ1) is 15.0. The summed E-state index contributed by atoms with van der Waals surface area (Å²) in [4.78, 5) is 16.2. The zero-order valence-corrected chi connectivity index (χ0v) is 12.4. The fourth-order valence-corrected chi connectivity index (χ4v) is 2.59. The molecule has 1 amide bonds. The predicted molar refractivity (Wildman–Crippen MR) is 79.2 cm³/mol. The highest BCUT2D eigenvalue weighted by atomic mass is 16.3. The molecule has 0 bridgehead atoms. The van der Waals surface area contributed by atoms with Gasteiger partial charge >= 0.3 is 0 Å². The fraction of sp³-hybridized carbons (Fsp3) is 0.562. The van der Waals surface area contributed by atoms with Gasteiger partial charge in [0, 0.05) is 26.2 Å². The van der Waals surface area contributed by atoms with Gasteiger partial charge in [-0.15, -0.1) is 0 Å². The Morgan fingerprint density at radius 2 is 1.95 bits per heavy atom. The molecule has 4 heteroatoms. The first-order valence-electron chi connectivity index (χ1n) is 7.33. The Kier molecular flexibility index (Phi) is 4.78. The molecule has 1 aliphatic heterocycles. The van der Waals surface area contributed by atoms with Crippen LogP contribution in [0.5, 0.6) is 0 Å². The van der Waals surface area contributed by atoms with E-state index in [1.165, 1.54) is 0 Å². The topological polar surface area (TPSA) is 43.8 Å². The van der Waals surface area contributed by atoms with Gasteiger partial charge in [-0.3, -0.25) is 9.69 Å². The first-order chi connectivity index (χ1) is 9.56. The third kappa shape index (κ3) is 3.58. The lowest BCUT2D eigenvalue weighted by Gasteiger charge is -2.46. The second-order valence-corrected chi connectivity index (χ2v) is 5.62. The number of benzene rings is 1. The molecule has 1 heterocycles. The van der Waals surface area contributed by atoms with E-state index in [0.717, 1.165) is 12.0 Å². The quantitative estimate of drug-likeness (QED) is 0.856. The lowest BCUT2D eigenvalue weighted by atomic mass is 9.91. The molecule has 110 valence electrons. The number of amides is 1. The normalized spacial score (nSPS) is 17.6. The van der Waals surface area contributed by atoms with Crippen molar-refractivity contribution in [1.29, 1.82) is 0 Å². The van der Waals surface area contributed by atoms with Gasteiger partial charge in [-0.05, 0) is 18.9 Å². The SMILES string of the molecule is CCN(Cc1ccccc1)C(=O)CN1CC(O)(CC)C1. The van der Waals surface area contributed by atoms with Crippen LogP contribution in [0.1, 0.15) is 25.8 Å². The molecular formula is C16H24N2O2. The van der Waals surface area contributed by atoms with Gasteiger partial charge in [-0.2, -0.15) is 0 Å². The van der Waals surface area contributed by atoms with Crippen LogP contribution in [-0.2, 0) is 11.3 Å². The second kappa shape index (κ2) is 6.37. The van der Waals surface area contributed by atoms with Gasteiger partial charge in [0.1, 0.15) is 0 Å². The van der Waals surface area contributed by atoms with Gasteiger partial charge in [0.25, 0.3) is 0 Å².